The highest BCUT2D eigenvalue weighted by Crippen LogP contribution is 2.25. The highest BCUT2D eigenvalue weighted by atomic mass is 32.2. The smallest absolute Gasteiger partial charge is 0.309 e. The first-order chi connectivity index (χ1) is 9.86. The number of hydrogen-bond acceptors (Lipinski definition) is 4. The van der Waals surface area contributed by atoms with Gasteiger partial charge in [0.1, 0.15) is 0 Å². The van der Waals surface area contributed by atoms with Crippen LogP contribution in [0, 0.1) is 17.6 Å². The first kappa shape index (κ1) is 15.8. The quantitative estimate of drug-likeness (QED) is 0.793. The average Bonchev–Trinajstić information content (AvgIpc) is 2.49. The Morgan fingerprint density at radius 2 is 2.05 bits per heavy atom. The summed E-state index contributed by atoms with van der Waals surface area (Å²) in [6.45, 7) is 0.211. The molecule has 0 radical (unpaired) electrons. The molecule has 116 valence electrons. The van der Waals surface area contributed by atoms with Gasteiger partial charge >= 0.3 is 5.97 Å². The second-order valence-corrected chi connectivity index (χ2v) is 6.74. The van der Waals surface area contributed by atoms with E-state index in [1.54, 1.807) is 0 Å². The lowest BCUT2D eigenvalue weighted by Crippen LogP contribution is -2.42. The molecule has 1 atom stereocenters. The Labute approximate surface area is 121 Å². The number of piperidine rings is 1. The number of rotatable bonds is 3. The third kappa shape index (κ3) is 3.21. The molecule has 0 aromatic heterocycles. The van der Waals surface area contributed by atoms with Crippen molar-refractivity contribution in [2.24, 2.45) is 5.92 Å². The fraction of sp³-hybridized carbons (Fsp3) is 0.462. The van der Waals surface area contributed by atoms with E-state index >= 15 is 0 Å². The van der Waals surface area contributed by atoms with Crippen molar-refractivity contribution in [3.8, 4) is 0 Å². The number of carbonyl (C=O) groups excluding carboxylic acids is 1. The number of benzene rings is 1. The van der Waals surface area contributed by atoms with Gasteiger partial charge in [0.25, 0.3) is 0 Å². The molecule has 2 rings (SSSR count). The molecule has 0 N–H and O–H groups in total. The first-order valence-corrected chi connectivity index (χ1v) is 7.83. The van der Waals surface area contributed by atoms with E-state index in [0.717, 1.165) is 16.4 Å². The topological polar surface area (TPSA) is 63.7 Å². The minimum Gasteiger partial charge on any atom is -0.469 e. The number of ether oxygens (including phenoxy) is 1. The van der Waals surface area contributed by atoms with Crippen LogP contribution in [-0.2, 0) is 19.6 Å². The van der Waals surface area contributed by atoms with Crippen molar-refractivity contribution in [1.82, 2.24) is 4.31 Å². The van der Waals surface area contributed by atoms with Crippen molar-refractivity contribution in [3.63, 3.8) is 0 Å². The van der Waals surface area contributed by atoms with Gasteiger partial charge in [-0.05, 0) is 31.0 Å². The maximum atomic E-state index is 13.2. The van der Waals surface area contributed by atoms with Crippen LogP contribution in [-0.4, -0.2) is 38.9 Å². The van der Waals surface area contributed by atoms with Gasteiger partial charge in [0.05, 0.1) is 17.9 Å². The predicted octanol–water partition coefficient (Wildman–Crippen LogP) is 1.54. The zero-order valence-electron chi connectivity index (χ0n) is 11.4. The summed E-state index contributed by atoms with van der Waals surface area (Å²) >= 11 is 0. The Morgan fingerprint density at radius 1 is 1.33 bits per heavy atom. The standard InChI is InChI=1S/C13H15F2NO4S/c1-20-13(17)9-3-2-6-16(8-9)21(18,19)10-4-5-11(14)12(15)7-10/h4-5,7,9H,2-3,6,8H2,1H3. The Kier molecular flexibility index (Phi) is 4.58. The number of nitrogens with zero attached hydrogens (tertiary/aromatic N) is 1. The van der Waals surface area contributed by atoms with Gasteiger partial charge in [-0.1, -0.05) is 0 Å². The largest absolute Gasteiger partial charge is 0.469 e. The monoisotopic (exact) mass is 319 g/mol. The van der Waals surface area contributed by atoms with E-state index in [2.05, 4.69) is 4.74 Å². The van der Waals surface area contributed by atoms with Crippen LogP contribution in [0.4, 0.5) is 8.78 Å². The van der Waals surface area contributed by atoms with Crippen LogP contribution in [0.2, 0.25) is 0 Å². The number of carbonyl (C=O) groups is 1. The average molecular weight is 319 g/mol. The van der Waals surface area contributed by atoms with Crippen molar-refractivity contribution in [1.29, 1.82) is 0 Å². The highest BCUT2D eigenvalue weighted by Gasteiger charge is 2.34. The molecule has 0 spiro atoms. The van der Waals surface area contributed by atoms with Crippen LogP contribution in [0.5, 0.6) is 0 Å². The van der Waals surface area contributed by atoms with Crippen LogP contribution in [0.15, 0.2) is 23.1 Å². The zero-order valence-corrected chi connectivity index (χ0v) is 12.2. The summed E-state index contributed by atoms with van der Waals surface area (Å²) in [4.78, 5) is 11.2. The van der Waals surface area contributed by atoms with Crippen LogP contribution < -0.4 is 0 Å². The van der Waals surface area contributed by atoms with Crippen molar-refractivity contribution < 1.29 is 26.7 Å². The molecule has 1 aliphatic rings. The summed E-state index contributed by atoms with van der Waals surface area (Å²) in [5.41, 5.74) is 0. The van der Waals surface area contributed by atoms with Crippen molar-refractivity contribution >= 4 is 16.0 Å². The number of sulfonamides is 1. The molecule has 0 amide bonds. The Bertz CT molecular complexity index is 648. The molecule has 21 heavy (non-hydrogen) atoms. The fourth-order valence-electron chi connectivity index (χ4n) is 2.31. The lowest BCUT2D eigenvalue weighted by atomic mass is 10.0. The van der Waals surface area contributed by atoms with Crippen molar-refractivity contribution in [2.75, 3.05) is 20.2 Å². The van der Waals surface area contributed by atoms with Gasteiger partial charge in [-0.15, -0.1) is 0 Å². The maximum Gasteiger partial charge on any atom is 0.309 e. The van der Waals surface area contributed by atoms with E-state index in [1.807, 2.05) is 0 Å². The predicted molar refractivity (Wildman–Crippen MR) is 69.9 cm³/mol. The van der Waals surface area contributed by atoms with Gasteiger partial charge < -0.3 is 4.74 Å². The SMILES string of the molecule is COC(=O)C1CCCN(S(=O)(=O)c2ccc(F)c(F)c2)C1. The zero-order chi connectivity index (χ0) is 15.6. The van der Waals surface area contributed by atoms with E-state index in [4.69, 9.17) is 0 Å². The summed E-state index contributed by atoms with van der Waals surface area (Å²) in [7, 11) is -2.72. The molecular weight excluding hydrogens is 304 g/mol. The molecule has 0 saturated carbocycles. The lowest BCUT2D eigenvalue weighted by molar-refractivity contribution is -0.146. The normalized spacial score (nSPS) is 20.2. The fourth-order valence-corrected chi connectivity index (χ4v) is 3.84. The summed E-state index contributed by atoms with van der Waals surface area (Å²) in [5.74, 6) is -3.35. The molecule has 8 heteroatoms. The Balaban J connectivity index is 2.26. The molecular formula is C13H15F2NO4S. The van der Waals surface area contributed by atoms with Gasteiger partial charge in [0.2, 0.25) is 10.0 Å². The van der Waals surface area contributed by atoms with E-state index in [1.165, 1.54) is 7.11 Å². The second kappa shape index (κ2) is 6.07. The number of methoxy groups -OCH3 is 1. The summed E-state index contributed by atoms with van der Waals surface area (Å²) in [6, 6.07) is 2.42. The lowest BCUT2D eigenvalue weighted by Gasteiger charge is -2.30. The van der Waals surface area contributed by atoms with Gasteiger partial charge in [0, 0.05) is 13.1 Å². The van der Waals surface area contributed by atoms with E-state index in [9.17, 15) is 22.0 Å². The van der Waals surface area contributed by atoms with Crippen molar-refractivity contribution in [3.05, 3.63) is 29.8 Å². The molecule has 5 nitrogen and oxygen atoms in total. The van der Waals surface area contributed by atoms with Gasteiger partial charge in [-0.3, -0.25) is 4.79 Å². The minimum atomic E-state index is -3.96. The van der Waals surface area contributed by atoms with Crippen LogP contribution in [0.1, 0.15) is 12.8 Å². The molecule has 1 heterocycles. The minimum absolute atomic E-state index is 0.0198. The molecule has 1 unspecified atom stereocenters. The van der Waals surface area contributed by atoms with E-state index in [-0.39, 0.29) is 18.0 Å². The summed E-state index contributed by atoms with van der Waals surface area (Å²) < 4.78 is 56.6. The Hall–Kier alpha value is -1.54. The summed E-state index contributed by atoms with van der Waals surface area (Å²) in [6.07, 6.45) is 1.04. The maximum absolute atomic E-state index is 13.2. The third-order valence-corrected chi connectivity index (χ3v) is 5.31. The molecule has 1 aliphatic heterocycles. The molecule has 0 aliphatic carbocycles. The van der Waals surface area contributed by atoms with Gasteiger partial charge in [-0.2, -0.15) is 4.31 Å². The highest BCUT2D eigenvalue weighted by molar-refractivity contribution is 7.89. The number of halogens is 2. The molecule has 0 bridgehead atoms. The van der Waals surface area contributed by atoms with Crippen LogP contribution >= 0.6 is 0 Å². The second-order valence-electron chi connectivity index (χ2n) is 4.80. The van der Waals surface area contributed by atoms with Crippen molar-refractivity contribution in [2.45, 2.75) is 17.7 Å². The number of hydrogen-bond donors (Lipinski definition) is 0. The molecule has 1 fully saturated rings. The molecule has 1 saturated heterocycles. The summed E-state index contributed by atoms with van der Waals surface area (Å²) in [5, 5.41) is 0. The van der Waals surface area contributed by atoms with Crippen LogP contribution in [0.3, 0.4) is 0 Å². The van der Waals surface area contributed by atoms with Gasteiger partial charge in [-0.25, -0.2) is 17.2 Å². The third-order valence-electron chi connectivity index (χ3n) is 3.45. The molecule has 1 aromatic rings. The van der Waals surface area contributed by atoms with E-state index < -0.39 is 33.5 Å². The van der Waals surface area contributed by atoms with E-state index in [0.29, 0.717) is 18.9 Å². The van der Waals surface area contributed by atoms with Gasteiger partial charge in [0.15, 0.2) is 11.6 Å². The number of esters is 1. The van der Waals surface area contributed by atoms with Crippen LogP contribution in [0.25, 0.3) is 0 Å². The molecule has 1 aromatic carbocycles. The first-order valence-electron chi connectivity index (χ1n) is 6.39. The Morgan fingerprint density at radius 3 is 2.67 bits per heavy atom.